The zero-order valence-corrected chi connectivity index (χ0v) is 22.3. The first-order chi connectivity index (χ1) is 18.3. The fourth-order valence-corrected chi connectivity index (χ4v) is 6.75. The molecule has 0 aliphatic carbocycles. The van der Waals surface area contributed by atoms with E-state index in [4.69, 9.17) is 4.74 Å². The highest BCUT2D eigenvalue weighted by atomic mass is 32.2. The third-order valence-corrected chi connectivity index (χ3v) is 8.81. The molecule has 0 fully saturated rings. The molecule has 0 spiro atoms. The topological polar surface area (TPSA) is 63.7 Å². The van der Waals surface area contributed by atoms with Gasteiger partial charge in [0.05, 0.1) is 10.5 Å². The SMILES string of the molecule is CC(C)(C)c1ccc2c(c1)[C@@](OC(=O)c1cccc3ccccc13)(C(F)(F)F)N(Cc1ccccc1)S2(=O)=O. The van der Waals surface area contributed by atoms with Gasteiger partial charge in [0.25, 0.3) is 0 Å². The van der Waals surface area contributed by atoms with Crippen molar-refractivity contribution in [2.24, 2.45) is 0 Å². The van der Waals surface area contributed by atoms with E-state index < -0.39 is 50.3 Å². The molecule has 1 atom stereocenters. The van der Waals surface area contributed by atoms with Gasteiger partial charge in [-0.25, -0.2) is 13.2 Å². The maximum absolute atomic E-state index is 15.4. The van der Waals surface area contributed by atoms with Gasteiger partial charge >= 0.3 is 17.9 Å². The van der Waals surface area contributed by atoms with E-state index in [2.05, 4.69) is 0 Å². The van der Waals surface area contributed by atoms with Crippen LogP contribution in [-0.4, -0.2) is 24.9 Å². The number of sulfonamides is 1. The van der Waals surface area contributed by atoms with E-state index in [0.717, 1.165) is 0 Å². The van der Waals surface area contributed by atoms with Crippen LogP contribution < -0.4 is 0 Å². The van der Waals surface area contributed by atoms with Gasteiger partial charge in [0.1, 0.15) is 0 Å². The zero-order chi connectivity index (χ0) is 28.2. The maximum Gasteiger partial charge on any atom is 0.449 e. The Bertz CT molecular complexity index is 1670. The minimum Gasteiger partial charge on any atom is -0.424 e. The number of halogens is 3. The van der Waals surface area contributed by atoms with Crippen LogP contribution in [0.5, 0.6) is 0 Å². The highest BCUT2D eigenvalue weighted by Crippen LogP contribution is 2.55. The number of nitrogens with zero attached hydrogens (tertiary/aromatic N) is 1. The summed E-state index contributed by atoms with van der Waals surface area (Å²) >= 11 is 0. The summed E-state index contributed by atoms with van der Waals surface area (Å²) in [7, 11) is -4.73. The molecule has 0 N–H and O–H groups in total. The van der Waals surface area contributed by atoms with Crippen molar-refractivity contribution in [3.63, 3.8) is 0 Å². The molecule has 4 aromatic carbocycles. The van der Waals surface area contributed by atoms with Crippen LogP contribution in [0.2, 0.25) is 0 Å². The highest BCUT2D eigenvalue weighted by molar-refractivity contribution is 7.89. The number of alkyl halides is 3. The number of rotatable bonds is 4. The van der Waals surface area contributed by atoms with Gasteiger partial charge in [0.15, 0.2) is 0 Å². The number of fused-ring (bicyclic) bond motifs is 2. The molecule has 4 aromatic rings. The number of esters is 1. The molecule has 1 aliphatic heterocycles. The van der Waals surface area contributed by atoms with E-state index in [0.29, 0.717) is 21.9 Å². The van der Waals surface area contributed by atoms with Gasteiger partial charge in [0.2, 0.25) is 10.0 Å². The Balaban J connectivity index is 1.78. The molecule has 0 amide bonds. The van der Waals surface area contributed by atoms with Crippen LogP contribution >= 0.6 is 0 Å². The van der Waals surface area contributed by atoms with Crippen LogP contribution in [0.4, 0.5) is 13.2 Å². The summed E-state index contributed by atoms with van der Waals surface area (Å²) in [5.74, 6) is -1.29. The second-order valence-electron chi connectivity index (χ2n) is 10.5. The Morgan fingerprint density at radius 3 is 2.18 bits per heavy atom. The molecule has 5 rings (SSSR count). The average molecular weight is 554 g/mol. The standard InChI is InChI=1S/C30H26F3NO4S/c1-28(2,3)22-16-17-26-25(18-22)29(30(31,32)33,34(39(26,36)37)19-20-10-5-4-6-11-20)38-27(35)24-15-9-13-21-12-7-8-14-23(21)24/h4-18H,19H2,1-3H3/t29-/m1/s1. The lowest BCUT2D eigenvalue weighted by atomic mass is 9.84. The molecular weight excluding hydrogens is 527 g/mol. The quantitative estimate of drug-likeness (QED) is 0.258. The molecule has 1 aliphatic rings. The Kier molecular flexibility index (Phi) is 6.35. The van der Waals surface area contributed by atoms with Crippen molar-refractivity contribution < 1.29 is 31.1 Å². The summed E-state index contributed by atoms with van der Waals surface area (Å²) in [6.45, 7) is 4.75. The van der Waals surface area contributed by atoms with Gasteiger partial charge in [-0.05, 0) is 45.5 Å². The molecule has 0 radical (unpaired) electrons. The molecule has 0 saturated carbocycles. The Morgan fingerprint density at radius 1 is 0.872 bits per heavy atom. The lowest BCUT2D eigenvalue weighted by molar-refractivity contribution is -0.303. The third-order valence-electron chi connectivity index (χ3n) is 6.93. The van der Waals surface area contributed by atoms with Crippen molar-refractivity contribution in [2.75, 3.05) is 0 Å². The van der Waals surface area contributed by atoms with Crippen molar-refractivity contribution in [3.05, 3.63) is 113 Å². The van der Waals surface area contributed by atoms with Crippen LogP contribution in [0.15, 0.2) is 95.9 Å². The number of carbonyl (C=O) groups is 1. The zero-order valence-electron chi connectivity index (χ0n) is 21.5. The van der Waals surface area contributed by atoms with Crippen LogP contribution in [0.1, 0.15) is 47.8 Å². The first-order valence-corrected chi connectivity index (χ1v) is 13.7. The van der Waals surface area contributed by atoms with Gasteiger partial charge in [-0.3, -0.25) is 0 Å². The second kappa shape index (κ2) is 9.20. The Morgan fingerprint density at radius 2 is 1.51 bits per heavy atom. The van der Waals surface area contributed by atoms with Gasteiger partial charge in [0, 0.05) is 12.1 Å². The molecule has 9 heteroatoms. The summed E-state index contributed by atoms with van der Waals surface area (Å²) in [6, 6.07) is 23.1. The van der Waals surface area contributed by atoms with Gasteiger partial charge in [-0.15, -0.1) is 4.31 Å². The smallest absolute Gasteiger partial charge is 0.424 e. The number of benzene rings is 4. The first kappa shape index (κ1) is 26.9. The molecule has 0 aromatic heterocycles. The average Bonchev–Trinajstić information content (AvgIpc) is 3.07. The molecule has 5 nitrogen and oxygen atoms in total. The van der Waals surface area contributed by atoms with Crippen LogP contribution in [0, 0.1) is 0 Å². The van der Waals surface area contributed by atoms with Crippen molar-refractivity contribution in [3.8, 4) is 0 Å². The summed E-state index contributed by atoms with van der Waals surface area (Å²) in [6.07, 6.45) is -5.32. The van der Waals surface area contributed by atoms with Crippen LogP contribution in [-0.2, 0) is 32.4 Å². The van der Waals surface area contributed by atoms with E-state index in [1.54, 1.807) is 69.3 Å². The van der Waals surface area contributed by atoms with E-state index >= 15 is 13.2 Å². The number of ether oxygens (including phenoxy) is 1. The lowest BCUT2D eigenvalue weighted by Gasteiger charge is -2.38. The molecule has 202 valence electrons. The van der Waals surface area contributed by atoms with Gasteiger partial charge < -0.3 is 4.74 Å². The van der Waals surface area contributed by atoms with Gasteiger partial charge in [-0.2, -0.15) is 13.2 Å². The monoisotopic (exact) mass is 553 g/mol. The van der Waals surface area contributed by atoms with E-state index in [1.165, 1.54) is 42.5 Å². The summed E-state index contributed by atoms with van der Waals surface area (Å²) in [5.41, 5.74) is -4.16. The molecule has 1 heterocycles. The summed E-state index contributed by atoms with van der Waals surface area (Å²) < 4.78 is 79.5. The van der Waals surface area contributed by atoms with E-state index in [-0.39, 0.29) is 9.87 Å². The first-order valence-electron chi connectivity index (χ1n) is 12.3. The largest absolute Gasteiger partial charge is 0.449 e. The minimum atomic E-state index is -5.32. The number of hydrogen-bond acceptors (Lipinski definition) is 4. The minimum absolute atomic E-state index is 0.103. The lowest BCUT2D eigenvalue weighted by Crippen LogP contribution is -2.56. The van der Waals surface area contributed by atoms with Crippen molar-refractivity contribution >= 4 is 26.8 Å². The second-order valence-corrected chi connectivity index (χ2v) is 12.3. The maximum atomic E-state index is 15.4. The van der Waals surface area contributed by atoms with Crippen molar-refractivity contribution in [1.82, 2.24) is 4.31 Å². The number of carbonyl (C=O) groups excluding carboxylic acids is 1. The predicted molar refractivity (Wildman–Crippen MR) is 141 cm³/mol. The molecule has 0 bridgehead atoms. The predicted octanol–water partition coefficient (Wildman–Crippen LogP) is 6.91. The van der Waals surface area contributed by atoms with Crippen molar-refractivity contribution in [1.29, 1.82) is 0 Å². The summed E-state index contributed by atoms with van der Waals surface area (Å²) in [4.78, 5) is 13.1. The fourth-order valence-electron chi connectivity index (χ4n) is 4.90. The molecular formula is C30H26F3NO4S. The van der Waals surface area contributed by atoms with Crippen LogP contribution in [0.25, 0.3) is 10.8 Å². The number of hydrogen-bond donors (Lipinski definition) is 0. The summed E-state index contributed by atoms with van der Waals surface area (Å²) in [5, 5.41) is 1.02. The molecule has 0 unspecified atom stereocenters. The molecule has 0 saturated heterocycles. The van der Waals surface area contributed by atoms with E-state index in [1.807, 2.05) is 0 Å². The van der Waals surface area contributed by atoms with Crippen molar-refractivity contribution in [2.45, 2.75) is 49.5 Å². The third kappa shape index (κ3) is 4.39. The van der Waals surface area contributed by atoms with E-state index in [9.17, 15) is 13.2 Å². The Labute approximate surface area is 224 Å². The highest BCUT2D eigenvalue weighted by Gasteiger charge is 2.72. The van der Waals surface area contributed by atoms with Gasteiger partial charge in [-0.1, -0.05) is 93.6 Å². The van der Waals surface area contributed by atoms with Crippen LogP contribution in [0.3, 0.4) is 0 Å². The normalized spacial score (nSPS) is 19.1. The fraction of sp³-hybridized carbons (Fsp3) is 0.233. The Hall–Kier alpha value is -3.69. The molecule has 39 heavy (non-hydrogen) atoms.